The largest absolute Gasteiger partial charge is 0.356 e. The normalized spacial score (nSPS) is 14.8. The molecule has 0 spiro atoms. The molecule has 0 radical (unpaired) electrons. The van der Waals surface area contributed by atoms with E-state index < -0.39 is 19.6 Å². The van der Waals surface area contributed by atoms with Gasteiger partial charge >= 0.3 is 7.60 Å². The Morgan fingerprint density at radius 3 is 2.67 bits per heavy atom. The Morgan fingerprint density at radius 1 is 1.29 bits per heavy atom. The third-order valence-electron chi connectivity index (χ3n) is 2.77. The second kappa shape index (κ2) is 8.82. The minimum Gasteiger partial charge on any atom is -0.342 e. The Morgan fingerprint density at radius 2 is 2.00 bits per heavy atom. The summed E-state index contributed by atoms with van der Waals surface area (Å²) in [6.45, 7) is 3.82. The molecule has 134 valence electrons. The summed E-state index contributed by atoms with van der Waals surface area (Å²) in [7, 11) is -3.39. The van der Waals surface area contributed by atoms with Crippen molar-refractivity contribution in [2.45, 2.75) is 25.8 Å². The Balaban J connectivity index is 1.95. The van der Waals surface area contributed by atoms with Gasteiger partial charge in [0.1, 0.15) is 17.5 Å². The fraction of sp³-hybridized carbons (Fsp3) is 0.583. The van der Waals surface area contributed by atoms with Gasteiger partial charge in [0.05, 0.1) is 19.5 Å². The first-order valence-electron chi connectivity index (χ1n) is 7.18. The van der Waals surface area contributed by atoms with Gasteiger partial charge in [-0.2, -0.15) is 0 Å². The molecule has 10 nitrogen and oxygen atoms in total. The molecule has 2 unspecified atom stereocenters. The SMILES string of the molecule is CCOP(=O)(COC(N)OC(Cl)c1ncnc2nc[nH]c12)OCC. The summed E-state index contributed by atoms with van der Waals surface area (Å²) in [5, 5.41) is 0. The number of fused-ring (bicyclic) bond motifs is 1. The van der Waals surface area contributed by atoms with Crippen molar-refractivity contribution in [2.24, 2.45) is 5.73 Å². The average Bonchev–Trinajstić information content (AvgIpc) is 3.02. The topological polar surface area (TPSA) is 134 Å². The van der Waals surface area contributed by atoms with E-state index in [1.54, 1.807) is 13.8 Å². The number of alkyl halides is 1. The summed E-state index contributed by atoms with van der Waals surface area (Å²) in [6, 6.07) is 0. The minimum atomic E-state index is -3.39. The van der Waals surface area contributed by atoms with Crippen molar-refractivity contribution in [2.75, 3.05) is 19.6 Å². The van der Waals surface area contributed by atoms with Crippen LogP contribution in [0.2, 0.25) is 0 Å². The molecule has 24 heavy (non-hydrogen) atoms. The van der Waals surface area contributed by atoms with E-state index in [9.17, 15) is 4.57 Å². The highest BCUT2D eigenvalue weighted by Crippen LogP contribution is 2.48. The van der Waals surface area contributed by atoms with Crippen molar-refractivity contribution in [1.82, 2.24) is 19.9 Å². The lowest BCUT2D eigenvalue weighted by molar-refractivity contribution is -0.141. The molecule has 0 fully saturated rings. The molecule has 3 N–H and O–H groups in total. The number of nitrogens with two attached hydrogens (primary N) is 1. The maximum absolute atomic E-state index is 12.3. The van der Waals surface area contributed by atoms with Crippen LogP contribution >= 0.6 is 19.2 Å². The monoisotopic (exact) mass is 379 g/mol. The first-order valence-corrected chi connectivity index (χ1v) is 9.34. The van der Waals surface area contributed by atoms with Gasteiger partial charge in [-0.3, -0.25) is 10.3 Å². The van der Waals surface area contributed by atoms with Crippen molar-refractivity contribution in [3.05, 3.63) is 18.3 Å². The Kier molecular flexibility index (Phi) is 7.05. The van der Waals surface area contributed by atoms with Gasteiger partial charge in [0.15, 0.2) is 17.6 Å². The Bertz CT molecular complexity index is 691. The molecule has 2 atom stereocenters. The second-order valence-corrected chi connectivity index (χ2v) is 6.82. The molecular weight excluding hydrogens is 361 g/mol. The highest BCUT2D eigenvalue weighted by Gasteiger charge is 2.26. The van der Waals surface area contributed by atoms with E-state index in [2.05, 4.69) is 19.9 Å². The maximum Gasteiger partial charge on any atom is 0.356 e. The number of H-pyrrole nitrogens is 1. The summed E-state index contributed by atoms with van der Waals surface area (Å²) in [5.74, 6) is 0. The number of hydrogen-bond donors (Lipinski definition) is 2. The minimum absolute atomic E-state index is 0.216. The summed E-state index contributed by atoms with van der Waals surface area (Å²) in [5.41, 5.74) is 6.01. The van der Waals surface area contributed by atoms with Crippen LogP contribution in [0.25, 0.3) is 11.2 Å². The fourth-order valence-corrected chi connectivity index (χ4v) is 3.45. The number of imidazole rings is 1. The number of aromatic amines is 1. The van der Waals surface area contributed by atoms with Crippen molar-refractivity contribution in [3.63, 3.8) is 0 Å². The van der Waals surface area contributed by atoms with Crippen LogP contribution < -0.4 is 5.73 Å². The predicted octanol–water partition coefficient (Wildman–Crippen LogP) is 2.09. The van der Waals surface area contributed by atoms with Gasteiger partial charge in [-0.05, 0) is 13.8 Å². The first kappa shape index (κ1) is 19.2. The summed E-state index contributed by atoms with van der Waals surface area (Å²) < 4.78 is 32.9. The number of rotatable bonds is 10. The van der Waals surface area contributed by atoms with E-state index in [0.29, 0.717) is 16.9 Å². The van der Waals surface area contributed by atoms with Crippen molar-refractivity contribution < 1.29 is 23.1 Å². The molecule has 0 amide bonds. The van der Waals surface area contributed by atoms with Crippen LogP contribution in [-0.4, -0.2) is 45.9 Å². The van der Waals surface area contributed by atoms with E-state index in [0.717, 1.165) is 0 Å². The van der Waals surface area contributed by atoms with Crippen molar-refractivity contribution in [1.29, 1.82) is 0 Å². The molecule has 2 aromatic rings. The van der Waals surface area contributed by atoms with Gasteiger partial charge in [-0.25, -0.2) is 15.0 Å². The lowest BCUT2D eigenvalue weighted by Crippen LogP contribution is -2.29. The van der Waals surface area contributed by atoms with Gasteiger partial charge in [-0.15, -0.1) is 0 Å². The molecule has 0 aliphatic heterocycles. The molecule has 0 aromatic carbocycles. The summed E-state index contributed by atoms with van der Waals surface area (Å²) >= 11 is 6.16. The number of ether oxygens (including phenoxy) is 2. The van der Waals surface area contributed by atoms with Gasteiger partial charge < -0.3 is 23.5 Å². The van der Waals surface area contributed by atoms with Crippen LogP contribution in [0.1, 0.15) is 25.1 Å². The predicted molar refractivity (Wildman–Crippen MR) is 86.1 cm³/mol. The van der Waals surface area contributed by atoms with E-state index in [-0.39, 0.29) is 19.6 Å². The Hall–Kier alpha value is -1.13. The summed E-state index contributed by atoms with van der Waals surface area (Å²) in [6.07, 6.45) is 1.16. The van der Waals surface area contributed by atoms with Gasteiger partial charge in [0.25, 0.3) is 0 Å². The van der Waals surface area contributed by atoms with Crippen LogP contribution in [0.4, 0.5) is 0 Å². The first-order chi connectivity index (χ1) is 11.5. The zero-order valence-corrected chi connectivity index (χ0v) is 14.9. The molecule has 0 aliphatic carbocycles. The highest BCUT2D eigenvalue weighted by atomic mass is 35.5. The van der Waals surface area contributed by atoms with Crippen LogP contribution in [0.3, 0.4) is 0 Å². The molecule has 2 aromatic heterocycles. The quantitative estimate of drug-likeness (QED) is 0.361. The van der Waals surface area contributed by atoms with E-state index >= 15 is 0 Å². The molecule has 0 saturated carbocycles. The van der Waals surface area contributed by atoms with E-state index in [1.807, 2.05) is 0 Å². The Labute approximate surface area is 143 Å². The zero-order valence-electron chi connectivity index (χ0n) is 13.2. The highest BCUT2D eigenvalue weighted by molar-refractivity contribution is 7.53. The summed E-state index contributed by atoms with van der Waals surface area (Å²) in [4.78, 5) is 14.9. The molecule has 0 bridgehead atoms. The molecule has 12 heteroatoms. The third kappa shape index (κ3) is 4.93. The molecule has 2 rings (SSSR count). The average molecular weight is 380 g/mol. The van der Waals surface area contributed by atoms with Crippen LogP contribution in [-0.2, 0) is 23.1 Å². The molecule has 0 saturated heterocycles. The number of nitrogens with zero attached hydrogens (tertiary/aromatic N) is 3. The lowest BCUT2D eigenvalue weighted by Gasteiger charge is -2.21. The molecule has 2 heterocycles. The van der Waals surface area contributed by atoms with E-state index in [1.165, 1.54) is 12.7 Å². The van der Waals surface area contributed by atoms with Crippen molar-refractivity contribution >= 4 is 30.4 Å². The van der Waals surface area contributed by atoms with E-state index in [4.69, 9.17) is 35.9 Å². The maximum atomic E-state index is 12.3. The molecular formula is C12H19ClN5O5P. The molecule has 0 aliphatic rings. The zero-order chi connectivity index (χ0) is 17.6. The number of nitrogens with one attached hydrogen (secondary N) is 1. The fourth-order valence-electron chi connectivity index (χ4n) is 1.85. The van der Waals surface area contributed by atoms with Crippen LogP contribution in [0, 0.1) is 0 Å². The smallest absolute Gasteiger partial charge is 0.342 e. The second-order valence-electron chi connectivity index (χ2n) is 4.42. The standard InChI is InChI=1S/C12H19ClN5O5P/c1-3-21-24(19,22-4-2)7-20-12(14)23-10(13)8-9-11(17-5-15-8)18-6-16-9/h5-6,10,12H,3-4,7,14H2,1-2H3,(H,15,16,17,18). The lowest BCUT2D eigenvalue weighted by atomic mass is 10.4. The number of aromatic nitrogens is 4. The van der Waals surface area contributed by atoms with Gasteiger partial charge in [0.2, 0.25) is 6.41 Å². The van der Waals surface area contributed by atoms with Crippen LogP contribution in [0.5, 0.6) is 0 Å². The van der Waals surface area contributed by atoms with Crippen LogP contribution in [0.15, 0.2) is 12.7 Å². The van der Waals surface area contributed by atoms with Gasteiger partial charge in [0, 0.05) is 0 Å². The van der Waals surface area contributed by atoms with Gasteiger partial charge in [-0.1, -0.05) is 11.6 Å². The number of hydrogen-bond acceptors (Lipinski definition) is 9. The number of halogens is 1. The third-order valence-corrected chi connectivity index (χ3v) is 4.85. The van der Waals surface area contributed by atoms with Crippen molar-refractivity contribution in [3.8, 4) is 0 Å².